The fourth-order valence-corrected chi connectivity index (χ4v) is 7.25. The van der Waals surface area contributed by atoms with E-state index in [1.54, 1.807) is 5.56 Å². The molecule has 0 aromatic heterocycles. The van der Waals surface area contributed by atoms with Crippen LogP contribution in [0.4, 0.5) is 0 Å². The minimum absolute atomic E-state index is 0.512. The Morgan fingerprint density at radius 3 is 2.25 bits per heavy atom. The van der Waals surface area contributed by atoms with Gasteiger partial charge in [0.25, 0.3) is 0 Å². The monoisotopic (exact) mass is 324 g/mol. The minimum atomic E-state index is 0.512. The second kappa shape index (κ2) is 5.57. The van der Waals surface area contributed by atoms with Crippen LogP contribution in [0.2, 0.25) is 0 Å². The molecule has 24 heavy (non-hydrogen) atoms. The Balaban J connectivity index is 1.41. The number of hydrogen-bond donors (Lipinski definition) is 0. The molecule has 1 aliphatic heterocycles. The van der Waals surface area contributed by atoms with E-state index in [1.807, 2.05) is 0 Å². The van der Waals surface area contributed by atoms with Crippen molar-refractivity contribution >= 4 is 0 Å². The van der Waals surface area contributed by atoms with Crippen molar-refractivity contribution in [3.05, 3.63) is 35.9 Å². The van der Waals surface area contributed by atoms with Gasteiger partial charge in [-0.25, -0.2) is 0 Å². The molecule has 130 valence electrons. The molecule has 0 spiro atoms. The van der Waals surface area contributed by atoms with Gasteiger partial charge in [0.1, 0.15) is 0 Å². The smallest absolute Gasteiger partial charge is 0.0110 e. The third kappa shape index (κ3) is 2.54. The highest BCUT2D eigenvalue weighted by Crippen LogP contribution is 2.65. The minimum Gasteiger partial charge on any atom is -0.304 e. The standard InChI is InChI=1S/C22H32N2/c1-23-7-9-24(10-8-23)17-21-12-18-11-19(13-21)15-22(14-18,16-21)20-5-3-2-4-6-20/h2-6,18-19H,7-17H2,1H3. The maximum atomic E-state index is 2.80. The van der Waals surface area contributed by atoms with Crippen molar-refractivity contribution in [1.29, 1.82) is 0 Å². The van der Waals surface area contributed by atoms with Crippen molar-refractivity contribution in [3.8, 4) is 0 Å². The maximum Gasteiger partial charge on any atom is 0.0110 e. The van der Waals surface area contributed by atoms with Crippen molar-refractivity contribution in [2.45, 2.75) is 43.9 Å². The summed E-state index contributed by atoms with van der Waals surface area (Å²) in [5.74, 6) is 2.00. The Labute approximate surface area is 147 Å². The fourth-order valence-electron chi connectivity index (χ4n) is 7.25. The molecular weight excluding hydrogens is 292 g/mol. The van der Waals surface area contributed by atoms with E-state index in [-0.39, 0.29) is 0 Å². The van der Waals surface area contributed by atoms with Crippen LogP contribution in [0, 0.1) is 17.3 Å². The Morgan fingerprint density at radius 2 is 1.58 bits per heavy atom. The molecule has 6 rings (SSSR count). The van der Waals surface area contributed by atoms with Crippen molar-refractivity contribution < 1.29 is 0 Å². The average Bonchev–Trinajstić information content (AvgIpc) is 2.56. The highest BCUT2D eigenvalue weighted by atomic mass is 15.2. The molecule has 4 bridgehead atoms. The molecular formula is C22H32N2. The summed E-state index contributed by atoms with van der Waals surface area (Å²) in [5.41, 5.74) is 2.79. The molecule has 2 atom stereocenters. The summed E-state index contributed by atoms with van der Waals surface area (Å²) in [6, 6.07) is 11.6. The first-order chi connectivity index (χ1) is 11.6. The van der Waals surface area contributed by atoms with Gasteiger partial charge in [0.05, 0.1) is 0 Å². The summed E-state index contributed by atoms with van der Waals surface area (Å²) in [5, 5.41) is 0. The first kappa shape index (κ1) is 15.4. The van der Waals surface area contributed by atoms with Gasteiger partial charge in [-0.05, 0) is 73.8 Å². The van der Waals surface area contributed by atoms with E-state index in [4.69, 9.17) is 0 Å². The van der Waals surface area contributed by atoms with Crippen molar-refractivity contribution in [2.24, 2.45) is 17.3 Å². The molecule has 0 N–H and O–H groups in total. The van der Waals surface area contributed by atoms with Crippen LogP contribution in [-0.4, -0.2) is 49.6 Å². The number of nitrogens with zero attached hydrogens (tertiary/aromatic N) is 2. The summed E-state index contributed by atoms with van der Waals surface area (Å²) in [7, 11) is 2.27. The van der Waals surface area contributed by atoms with Crippen molar-refractivity contribution in [3.63, 3.8) is 0 Å². The summed E-state index contributed by atoms with van der Waals surface area (Å²) in [6.07, 6.45) is 8.97. The highest BCUT2D eigenvalue weighted by Gasteiger charge is 2.58. The van der Waals surface area contributed by atoms with Gasteiger partial charge in [-0.15, -0.1) is 0 Å². The number of rotatable bonds is 3. The molecule has 4 saturated carbocycles. The maximum absolute atomic E-state index is 2.80. The largest absolute Gasteiger partial charge is 0.304 e. The third-order valence-corrected chi connectivity index (χ3v) is 7.72. The number of hydrogen-bond acceptors (Lipinski definition) is 2. The molecule has 2 heteroatoms. The van der Waals surface area contributed by atoms with Crippen LogP contribution in [0.15, 0.2) is 30.3 Å². The van der Waals surface area contributed by atoms with Gasteiger partial charge >= 0.3 is 0 Å². The van der Waals surface area contributed by atoms with E-state index in [9.17, 15) is 0 Å². The molecule has 2 unspecified atom stereocenters. The predicted molar refractivity (Wildman–Crippen MR) is 99.2 cm³/mol. The Hall–Kier alpha value is -0.860. The van der Waals surface area contributed by atoms with Crippen molar-refractivity contribution in [2.75, 3.05) is 39.8 Å². The van der Waals surface area contributed by atoms with Crippen LogP contribution in [0.1, 0.15) is 44.1 Å². The second-order valence-electron chi connectivity index (χ2n) is 9.69. The average molecular weight is 325 g/mol. The summed E-state index contributed by atoms with van der Waals surface area (Å²) in [6.45, 7) is 6.46. The van der Waals surface area contributed by atoms with Gasteiger partial charge in [0.2, 0.25) is 0 Å². The molecule has 1 aromatic rings. The van der Waals surface area contributed by atoms with Crippen LogP contribution in [0.5, 0.6) is 0 Å². The lowest BCUT2D eigenvalue weighted by Crippen LogP contribution is -2.58. The normalized spacial score (nSPS) is 42.5. The zero-order valence-electron chi connectivity index (χ0n) is 15.2. The lowest BCUT2D eigenvalue weighted by Gasteiger charge is -2.63. The molecule has 0 radical (unpaired) electrons. The van der Waals surface area contributed by atoms with E-state index < -0.39 is 0 Å². The summed E-state index contributed by atoms with van der Waals surface area (Å²) >= 11 is 0. The number of piperazine rings is 1. The van der Waals surface area contributed by atoms with Crippen LogP contribution >= 0.6 is 0 Å². The van der Waals surface area contributed by atoms with E-state index >= 15 is 0 Å². The molecule has 4 aliphatic carbocycles. The second-order valence-corrected chi connectivity index (χ2v) is 9.69. The van der Waals surface area contributed by atoms with Crippen molar-refractivity contribution in [1.82, 2.24) is 9.80 Å². The van der Waals surface area contributed by atoms with Gasteiger partial charge in [-0.1, -0.05) is 30.3 Å². The van der Waals surface area contributed by atoms with Crippen LogP contribution < -0.4 is 0 Å². The molecule has 1 saturated heterocycles. The van der Waals surface area contributed by atoms with Crippen LogP contribution in [-0.2, 0) is 5.41 Å². The van der Waals surface area contributed by atoms with Gasteiger partial charge < -0.3 is 9.80 Å². The Bertz CT molecular complexity index is 573. The topological polar surface area (TPSA) is 6.48 Å². The SMILES string of the molecule is CN1CCN(CC23CC4CC(C2)CC(c2ccccc2)(C4)C3)CC1. The quantitative estimate of drug-likeness (QED) is 0.835. The van der Waals surface area contributed by atoms with Gasteiger partial charge in [0.15, 0.2) is 0 Å². The zero-order valence-corrected chi connectivity index (χ0v) is 15.2. The third-order valence-electron chi connectivity index (χ3n) is 7.72. The molecule has 1 aromatic carbocycles. The molecule has 5 fully saturated rings. The number of likely N-dealkylation sites (N-methyl/N-ethyl adjacent to an activating group) is 1. The van der Waals surface area contributed by atoms with E-state index in [1.165, 1.54) is 71.2 Å². The molecule has 2 nitrogen and oxygen atoms in total. The lowest BCUT2D eigenvalue weighted by atomic mass is 9.43. The van der Waals surface area contributed by atoms with Gasteiger partial charge in [0, 0.05) is 32.7 Å². The van der Waals surface area contributed by atoms with E-state index in [0.29, 0.717) is 10.8 Å². The first-order valence-electron chi connectivity index (χ1n) is 10.1. The number of benzene rings is 1. The van der Waals surface area contributed by atoms with E-state index in [2.05, 4.69) is 47.2 Å². The summed E-state index contributed by atoms with van der Waals surface area (Å²) in [4.78, 5) is 5.29. The van der Waals surface area contributed by atoms with Crippen LogP contribution in [0.3, 0.4) is 0 Å². The summed E-state index contributed by atoms with van der Waals surface area (Å²) < 4.78 is 0. The van der Waals surface area contributed by atoms with Crippen LogP contribution in [0.25, 0.3) is 0 Å². The Kier molecular flexibility index (Phi) is 3.58. The highest BCUT2D eigenvalue weighted by molar-refractivity contribution is 5.30. The Morgan fingerprint density at radius 1 is 0.917 bits per heavy atom. The molecule has 5 aliphatic rings. The van der Waals surface area contributed by atoms with Gasteiger partial charge in [-0.2, -0.15) is 0 Å². The van der Waals surface area contributed by atoms with E-state index in [0.717, 1.165) is 11.8 Å². The molecule has 1 heterocycles. The predicted octanol–water partition coefficient (Wildman–Crippen LogP) is 3.77. The van der Waals surface area contributed by atoms with Gasteiger partial charge in [-0.3, -0.25) is 0 Å². The molecule has 0 amide bonds. The first-order valence-corrected chi connectivity index (χ1v) is 10.1. The lowest BCUT2D eigenvalue weighted by molar-refractivity contribution is -0.0893. The fraction of sp³-hybridized carbons (Fsp3) is 0.727. The zero-order chi connectivity index (χ0) is 16.2.